The summed E-state index contributed by atoms with van der Waals surface area (Å²) >= 11 is 1.72. The summed E-state index contributed by atoms with van der Waals surface area (Å²) in [5.74, 6) is 0.894. The molecule has 1 aliphatic rings. The summed E-state index contributed by atoms with van der Waals surface area (Å²) < 4.78 is 5.36. The first-order valence-corrected chi connectivity index (χ1v) is 10.3. The molecule has 1 aromatic heterocycles. The highest BCUT2D eigenvalue weighted by Gasteiger charge is 2.19. The smallest absolute Gasteiger partial charge is 0.119 e. The molecule has 2 aromatic carbocycles. The Balaban J connectivity index is 1.38. The fourth-order valence-corrected chi connectivity index (χ4v) is 4.17. The number of hydrogen-bond acceptors (Lipinski definition) is 5. The van der Waals surface area contributed by atoms with Gasteiger partial charge in [-0.1, -0.05) is 24.3 Å². The Labute approximate surface area is 164 Å². The topological polar surface area (TPSA) is 37.4 Å². The lowest BCUT2D eigenvalue weighted by molar-refractivity contribution is 0.413. The number of thiazole rings is 1. The Morgan fingerprint density at radius 3 is 2.63 bits per heavy atom. The maximum atomic E-state index is 5.36. The van der Waals surface area contributed by atoms with E-state index in [1.54, 1.807) is 18.4 Å². The zero-order valence-corrected chi connectivity index (χ0v) is 16.4. The second kappa shape index (κ2) is 8.55. The lowest BCUT2D eigenvalue weighted by Crippen LogP contribution is -2.42. The van der Waals surface area contributed by atoms with Crippen molar-refractivity contribution in [2.24, 2.45) is 0 Å². The van der Waals surface area contributed by atoms with E-state index < -0.39 is 0 Å². The largest absolute Gasteiger partial charge is 0.497 e. The Morgan fingerprint density at radius 1 is 1.11 bits per heavy atom. The molecule has 140 valence electrons. The van der Waals surface area contributed by atoms with Gasteiger partial charge in [0.05, 0.1) is 7.11 Å². The lowest BCUT2D eigenvalue weighted by atomic mass is 10.0. The van der Waals surface area contributed by atoms with Gasteiger partial charge in [0.15, 0.2) is 0 Å². The van der Waals surface area contributed by atoms with Crippen LogP contribution in [0.5, 0.6) is 5.75 Å². The quantitative estimate of drug-likeness (QED) is 0.680. The molecule has 0 spiro atoms. The third-order valence-electron chi connectivity index (χ3n) is 5.13. The van der Waals surface area contributed by atoms with Crippen LogP contribution in [0.15, 0.2) is 60.1 Å². The predicted molar refractivity (Wildman–Crippen MR) is 113 cm³/mol. The van der Waals surface area contributed by atoms with E-state index in [1.165, 1.54) is 21.8 Å². The summed E-state index contributed by atoms with van der Waals surface area (Å²) in [6.45, 7) is 3.04. The molecule has 27 heavy (non-hydrogen) atoms. The van der Waals surface area contributed by atoms with Crippen LogP contribution in [0.1, 0.15) is 17.8 Å². The first kappa shape index (κ1) is 18.0. The molecule has 1 N–H and O–H groups in total. The van der Waals surface area contributed by atoms with Crippen LogP contribution in [0.2, 0.25) is 0 Å². The standard InChI is InChI=1S/C22H25N3OS/c1-26-21-7-3-5-18(15-21)17-4-2-6-20(14-17)25-11-8-19(9-12-25)24-16-22-23-10-13-27-22/h2-7,10,13-15,19,24H,8-9,11-12,16H2,1H3. The van der Waals surface area contributed by atoms with Gasteiger partial charge in [-0.3, -0.25) is 0 Å². The SMILES string of the molecule is COc1cccc(-c2cccc(N3CCC(NCc4nccs4)CC3)c2)c1. The predicted octanol–water partition coefficient (Wildman–Crippen LogP) is 4.58. The highest BCUT2D eigenvalue weighted by atomic mass is 32.1. The number of hydrogen-bond donors (Lipinski definition) is 1. The van der Waals surface area contributed by atoms with E-state index in [4.69, 9.17) is 4.74 Å². The first-order valence-electron chi connectivity index (χ1n) is 9.43. The van der Waals surface area contributed by atoms with Crippen molar-refractivity contribution in [1.29, 1.82) is 0 Å². The number of anilines is 1. The number of nitrogens with zero attached hydrogens (tertiary/aromatic N) is 2. The number of benzene rings is 2. The maximum Gasteiger partial charge on any atom is 0.119 e. The molecule has 0 radical (unpaired) electrons. The number of ether oxygens (including phenoxy) is 1. The first-order chi connectivity index (χ1) is 13.3. The summed E-state index contributed by atoms with van der Waals surface area (Å²) in [6.07, 6.45) is 4.20. The highest BCUT2D eigenvalue weighted by Crippen LogP contribution is 2.28. The van der Waals surface area contributed by atoms with E-state index in [0.29, 0.717) is 6.04 Å². The fraction of sp³-hybridized carbons (Fsp3) is 0.318. The molecular weight excluding hydrogens is 354 g/mol. The second-order valence-corrected chi connectivity index (χ2v) is 7.83. The molecule has 0 atom stereocenters. The fourth-order valence-electron chi connectivity index (χ4n) is 3.60. The zero-order chi connectivity index (χ0) is 18.5. The molecule has 1 fully saturated rings. The summed E-state index contributed by atoms with van der Waals surface area (Å²) in [5, 5.41) is 6.86. The monoisotopic (exact) mass is 379 g/mol. The minimum Gasteiger partial charge on any atom is -0.497 e. The van der Waals surface area contributed by atoms with Crippen molar-refractivity contribution in [3.05, 3.63) is 65.1 Å². The molecule has 0 aliphatic carbocycles. The van der Waals surface area contributed by atoms with Gasteiger partial charge in [-0.25, -0.2) is 4.98 Å². The number of nitrogens with one attached hydrogen (secondary N) is 1. The van der Waals surface area contributed by atoms with Crippen molar-refractivity contribution in [3.63, 3.8) is 0 Å². The van der Waals surface area contributed by atoms with Gasteiger partial charge in [0.25, 0.3) is 0 Å². The number of methoxy groups -OCH3 is 1. The molecule has 3 aromatic rings. The van der Waals surface area contributed by atoms with E-state index in [2.05, 4.69) is 51.6 Å². The van der Waals surface area contributed by atoms with Crippen molar-refractivity contribution in [1.82, 2.24) is 10.3 Å². The van der Waals surface area contributed by atoms with Crippen LogP contribution in [0.3, 0.4) is 0 Å². The Bertz CT molecular complexity index is 858. The van der Waals surface area contributed by atoms with Crippen LogP contribution < -0.4 is 15.0 Å². The third-order valence-corrected chi connectivity index (χ3v) is 5.91. The molecule has 5 heteroatoms. The average Bonchev–Trinajstić information content (AvgIpc) is 3.26. The third kappa shape index (κ3) is 4.49. The van der Waals surface area contributed by atoms with E-state index in [-0.39, 0.29) is 0 Å². The summed E-state index contributed by atoms with van der Waals surface area (Å²) in [5.41, 5.74) is 3.72. The van der Waals surface area contributed by atoms with Crippen LogP contribution in [0.4, 0.5) is 5.69 Å². The van der Waals surface area contributed by atoms with Gasteiger partial charge in [-0.15, -0.1) is 11.3 Å². The lowest BCUT2D eigenvalue weighted by Gasteiger charge is -2.34. The molecule has 0 saturated carbocycles. The summed E-state index contributed by atoms with van der Waals surface area (Å²) in [7, 11) is 1.71. The summed E-state index contributed by atoms with van der Waals surface area (Å²) in [4.78, 5) is 6.84. The van der Waals surface area contributed by atoms with Gasteiger partial charge >= 0.3 is 0 Å². The van der Waals surface area contributed by atoms with Crippen molar-refractivity contribution < 1.29 is 4.74 Å². The number of aromatic nitrogens is 1. The highest BCUT2D eigenvalue weighted by molar-refractivity contribution is 7.09. The normalized spacial score (nSPS) is 15.1. The van der Waals surface area contributed by atoms with E-state index in [9.17, 15) is 0 Å². The number of piperidine rings is 1. The minimum atomic E-state index is 0.576. The Hall–Kier alpha value is -2.37. The van der Waals surface area contributed by atoms with Crippen molar-refractivity contribution in [2.45, 2.75) is 25.4 Å². The van der Waals surface area contributed by atoms with Crippen LogP contribution >= 0.6 is 11.3 Å². The molecule has 0 bridgehead atoms. The van der Waals surface area contributed by atoms with Crippen LogP contribution in [0, 0.1) is 0 Å². The molecule has 1 aliphatic heterocycles. The second-order valence-electron chi connectivity index (χ2n) is 6.85. The minimum absolute atomic E-state index is 0.576. The van der Waals surface area contributed by atoms with Crippen LogP contribution in [-0.4, -0.2) is 31.2 Å². The molecule has 1 saturated heterocycles. The van der Waals surface area contributed by atoms with Gasteiger partial charge < -0.3 is 15.0 Å². The Kier molecular flexibility index (Phi) is 5.70. The summed E-state index contributed by atoms with van der Waals surface area (Å²) in [6, 6.07) is 17.6. The maximum absolute atomic E-state index is 5.36. The van der Waals surface area contributed by atoms with Gasteiger partial charge in [-0.05, 0) is 48.2 Å². The number of rotatable bonds is 6. The molecule has 0 unspecified atom stereocenters. The van der Waals surface area contributed by atoms with E-state index in [0.717, 1.165) is 38.2 Å². The zero-order valence-electron chi connectivity index (χ0n) is 15.6. The average molecular weight is 380 g/mol. The van der Waals surface area contributed by atoms with Gasteiger partial charge in [0.1, 0.15) is 10.8 Å². The van der Waals surface area contributed by atoms with Crippen molar-refractivity contribution >= 4 is 17.0 Å². The van der Waals surface area contributed by atoms with Crippen molar-refractivity contribution in [2.75, 3.05) is 25.1 Å². The Morgan fingerprint density at radius 2 is 1.89 bits per heavy atom. The van der Waals surface area contributed by atoms with E-state index in [1.807, 2.05) is 23.7 Å². The van der Waals surface area contributed by atoms with Gasteiger partial charge in [-0.2, -0.15) is 0 Å². The molecule has 4 rings (SSSR count). The van der Waals surface area contributed by atoms with E-state index >= 15 is 0 Å². The van der Waals surface area contributed by atoms with Crippen LogP contribution in [-0.2, 0) is 6.54 Å². The molecule has 2 heterocycles. The van der Waals surface area contributed by atoms with Gasteiger partial charge in [0.2, 0.25) is 0 Å². The molecule has 4 nitrogen and oxygen atoms in total. The molecule has 0 amide bonds. The van der Waals surface area contributed by atoms with Crippen LogP contribution in [0.25, 0.3) is 11.1 Å². The molecular formula is C22H25N3OS. The van der Waals surface area contributed by atoms with Gasteiger partial charge in [0, 0.05) is 42.9 Å². The van der Waals surface area contributed by atoms with Crippen molar-refractivity contribution in [3.8, 4) is 16.9 Å².